The molecule has 2 aliphatic heterocycles. The average Bonchev–Trinajstić information content (AvgIpc) is 3.98. The summed E-state index contributed by atoms with van der Waals surface area (Å²) in [5.41, 5.74) is 2.70. The first kappa shape index (κ1) is 42.1. The summed E-state index contributed by atoms with van der Waals surface area (Å²) >= 11 is 0. The Morgan fingerprint density at radius 3 is 2.30 bits per heavy atom. The number of nitrogens with one attached hydrogen (secondary N) is 3. The number of fused-ring (bicyclic) bond motifs is 1. The van der Waals surface area contributed by atoms with Crippen LogP contribution in [0.4, 0.5) is 29.7 Å². The fourth-order valence-corrected chi connectivity index (χ4v) is 8.18. The standard InChI is InChI=1S/C41H48F3N11O5/c1-2-32(56)49-30-22-31(34(57)35(30)60-38(58)41(42,43)44)55-25-47-33-36(46-23-29(26-10-5-3-6-11-26)27-12-7-4-8-13-27)50-39(51-37(33)55)54-17-14-28(24-54)48-40(59)53-20-18-52(19-21-53)16-9-15-45/h3-8,10-13,25,28-31,34-35,57H,2,9,14,16-24H2,1H3,(H,48,59)(H,49,56)(H,46,50,51)/t28-,30+,31-,34+,35-/m1/s1. The van der Waals surface area contributed by atoms with Crippen molar-refractivity contribution in [2.75, 3.05) is 62.6 Å². The highest BCUT2D eigenvalue weighted by atomic mass is 19.4. The number of ether oxygens (including phenoxy) is 1. The molecule has 60 heavy (non-hydrogen) atoms. The first-order valence-corrected chi connectivity index (χ1v) is 20.2. The van der Waals surface area contributed by atoms with Crippen molar-refractivity contribution in [3.63, 3.8) is 0 Å². The second kappa shape index (κ2) is 18.5. The molecule has 1 saturated carbocycles. The minimum absolute atomic E-state index is 0.0149. The number of urea groups is 1. The van der Waals surface area contributed by atoms with Crippen LogP contribution in [0, 0.1) is 11.3 Å². The molecule has 4 aromatic rings. The van der Waals surface area contributed by atoms with E-state index in [4.69, 9.17) is 20.0 Å². The van der Waals surface area contributed by atoms with E-state index in [9.17, 15) is 32.7 Å². The third kappa shape index (κ3) is 9.55. The van der Waals surface area contributed by atoms with Gasteiger partial charge in [0.05, 0.1) is 24.5 Å². The Kier molecular flexibility index (Phi) is 13.0. The van der Waals surface area contributed by atoms with Crippen molar-refractivity contribution < 1.29 is 37.4 Å². The van der Waals surface area contributed by atoms with Crippen LogP contribution in [0.3, 0.4) is 0 Å². The molecule has 3 aliphatic rings. The van der Waals surface area contributed by atoms with Crippen molar-refractivity contribution in [3.05, 3.63) is 78.1 Å². The fraction of sp³-hybridized carbons (Fsp3) is 0.488. The second-order valence-electron chi connectivity index (χ2n) is 15.3. The Bertz CT molecular complexity index is 2120. The van der Waals surface area contributed by atoms with Crippen molar-refractivity contribution in [1.82, 2.24) is 40.0 Å². The lowest BCUT2D eigenvalue weighted by Crippen LogP contribution is -2.53. The molecule has 19 heteroatoms. The lowest BCUT2D eigenvalue weighted by molar-refractivity contribution is -0.209. The number of hydrogen-bond donors (Lipinski definition) is 4. The van der Waals surface area contributed by atoms with Gasteiger partial charge in [0.15, 0.2) is 23.1 Å². The molecule has 1 aliphatic carbocycles. The van der Waals surface area contributed by atoms with Gasteiger partial charge in [-0.05, 0) is 24.0 Å². The summed E-state index contributed by atoms with van der Waals surface area (Å²) in [5.74, 6) is -2.40. The minimum atomic E-state index is -5.32. The molecule has 318 valence electrons. The van der Waals surface area contributed by atoms with Crippen LogP contribution in [0.25, 0.3) is 11.2 Å². The van der Waals surface area contributed by atoms with Crippen LogP contribution in [0.2, 0.25) is 0 Å². The van der Waals surface area contributed by atoms with Crippen LogP contribution >= 0.6 is 0 Å². The maximum absolute atomic E-state index is 13.4. The third-order valence-electron chi connectivity index (χ3n) is 11.4. The number of aliphatic hydroxyl groups is 1. The van der Waals surface area contributed by atoms with Crippen molar-refractivity contribution >= 4 is 40.8 Å². The monoisotopic (exact) mass is 831 g/mol. The van der Waals surface area contributed by atoms with Gasteiger partial charge in [-0.2, -0.15) is 28.4 Å². The Hall–Kier alpha value is -6.00. The van der Waals surface area contributed by atoms with Gasteiger partial charge in [0, 0.05) is 77.2 Å². The number of carbonyl (C=O) groups is 3. The summed E-state index contributed by atoms with van der Waals surface area (Å²) < 4.78 is 46.4. The Morgan fingerprint density at radius 2 is 1.67 bits per heavy atom. The summed E-state index contributed by atoms with van der Waals surface area (Å²) in [6.07, 6.45) is -6.33. The zero-order valence-corrected chi connectivity index (χ0v) is 33.1. The van der Waals surface area contributed by atoms with Crippen LogP contribution < -0.4 is 20.9 Å². The highest BCUT2D eigenvalue weighted by molar-refractivity contribution is 5.85. The van der Waals surface area contributed by atoms with E-state index in [0.29, 0.717) is 82.5 Å². The molecule has 2 aromatic carbocycles. The number of nitrogens with zero attached hydrogens (tertiary/aromatic N) is 8. The number of carbonyl (C=O) groups excluding carboxylic acids is 3. The van der Waals surface area contributed by atoms with Crippen LogP contribution in [-0.4, -0.2) is 135 Å². The van der Waals surface area contributed by atoms with Crippen LogP contribution in [0.15, 0.2) is 67.0 Å². The zero-order valence-electron chi connectivity index (χ0n) is 33.1. The van der Waals surface area contributed by atoms with E-state index in [2.05, 4.69) is 31.9 Å². The van der Waals surface area contributed by atoms with Gasteiger partial charge in [0.1, 0.15) is 6.10 Å². The highest BCUT2D eigenvalue weighted by Crippen LogP contribution is 2.38. The number of nitriles is 1. The van der Waals surface area contributed by atoms with E-state index in [1.54, 1.807) is 11.8 Å². The van der Waals surface area contributed by atoms with Gasteiger partial charge >= 0.3 is 18.2 Å². The lowest BCUT2D eigenvalue weighted by atomic mass is 9.91. The number of hydrogen-bond acceptors (Lipinski definition) is 12. The SMILES string of the molecule is CCC(=O)N[C@H]1C[C@@H](n2cnc3c(NCC(c4ccccc4)c4ccccc4)nc(N4CC[C@@H](NC(=O)N5CCN(CCC#N)CC5)C4)nc32)[C@H](O)[C@@H]1OC(=O)C(F)(F)F. The minimum Gasteiger partial charge on any atom is -0.451 e. The zero-order chi connectivity index (χ0) is 42.4. The molecule has 5 atom stereocenters. The summed E-state index contributed by atoms with van der Waals surface area (Å²) in [6, 6.07) is 19.5. The van der Waals surface area contributed by atoms with Gasteiger partial charge < -0.3 is 40.2 Å². The number of halogens is 3. The molecule has 0 unspecified atom stereocenters. The molecule has 2 saturated heterocycles. The van der Waals surface area contributed by atoms with E-state index in [1.165, 1.54) is 10.9 Å². The number of aliphatic hydroxyl groups excluding tert-OH is 1. The van der Waals surface area contributed by atoms with Crippen molar-refractivity contribution in [2.24, 2.45) is 0 Å². The molecule has 3 amide bonds. The number of benzene rings is 2. The number of imidazole rings is 1. The smallest absolute Gasteiger partial charge is 0.451 e. The summed E-state index contributed by atoms with van der Waals surface area (Å²) in [6.45, 7) is 5.98. The quantitative estimate of drug-likeness (QED) is 0.144. The molecule has 3 fully saturated rings. The Labute approximate surface area is 344 Å². The van der Waals surface area contributed by atoms with Crippen LogP contribution in [0.5, 0.6) is 0 Å². The molecule has 0 radical (unpaired) electrons. The normalized spacial score (nSPS) is 22.2. The Morgan fingerprint density at radius 1 is 0.983 bits per heavy atom. The predicted octanol–water partition coefficient (Wildman–Crippen LogP) is 3.56. The van der Waals surface area contributed by atoms with Crippen molar-refractivity contribution in [3.8, 4) is 6.07 Å². The number of aromatic nitrogens is 4. The van der Waals surface area contributed by atoms with E-state index < -0.39 is 42.3 Å². The topological polar surface area (TPSA) is 194 Å². The molecule has 7 rings (SSSR count). The van der Waals surface area contributed by atoms with Gasteiger partial charge in [-0.15, -0.1) is 0 Å². The summed E-state index contributed by atoms with van der Waals surface area (Å²) in [4.78, 5) is 58.1. The van der Waals surface area contributed by atoms with Gasteiger partial charge in [-0.3, -0.25) is 9.69 Å². The van der Waals surface area contributed by atoms with Gasteiger partial charge in [0.2, 0.25) is 11.9 Å². The third-order valence-corrected chi connectivity index (χ3v) is 11.4. The predicted molar refractivity (Wildman–Crippen MR) is 214 cm³/mol. The van der Waals surface area contributed by atoms with Crippen LogP contribution in [-0.2, 0) is 14.3 Å². The Balaban J connectivity index is 1.18. The van der Waals surface area contributed by atoms with Gasteiger partial charge in [0.25, 0.3) is 0 Å². The highest BCUT2D eigenvalue weighted by Gasteiger charge is 2.51. The van der Waals surface area contributed by atoms with Gasteiger partial charge in [-0.25, -0.2) is 14.6 Å². The lowest BCUT2D eigenvalue weighted by Gasteiger charge is -2.34. The summed E-state index contributed by atoms with van der Waals surface area (Å²) in [5, 5.41) is 29.7. The second-order valence-corrected chi connectivity index (χ2v) is 15.3. The number of esters is 1. The number of anilines is 2. The summed E-state index contributed by atoms with van der Waals surface area (Å²) in [7, 11) is 0. The first-order valence-electron chi connectivity index (χ1n) is 20.2. The number of amides is 3. The average molecular weight is 832 g/mol. The number of piperazine rings is 1. The van der Waals surface area contributed by atoms with E-state index in [1.807, 2.05) is 65.6 Å². The molecule has 16 nitrogen and oxygen atoms in total. The molecule has 4 N–H and O–H groups in total. The van der Waals surface area contributed by atoms with E-state index in [0.717, 1.165) is 11.1 Å². The first-order chi connectivity index (χ1) is 28.9. The number of alkyl halides is 3. The van der Waals surface area contributed by atoms with Crippen molar-refractivity contribution in [2.45, 2.75) is 75.0 Å². The van der Waals surface area contributed by atoms with E-state index in [-0.39, 0.29) is 36.5 Å². The number of rotatable bonds is 13. The van der Waals surface area contributed by atoms with Crippen LogP contribution in [0.1, 0.15) is 55.7 Å². The van der Waals surface area contributed by atoms with Crippen molar-refractivity contribution in [1.29, 1.82) is 5.26 Å². The fourth-order valence-electron chi connectivity index (χ4n) is 8.18. The molecule has 2 aromatic heterocycles. The largest absolute Gasteiger partial charge is 0.490 e. The molecule has 4 heterocycles. The maximum Gasteiger partial charge on any atom is 0.490 e. The molecule has 0 bridgehead atoms. The molecular formula is C41H48F3N11O5. The van der Waals surface area contributed by atoms with Gasteiger partial charge in [-0.1, -0.05) is 67.6 Å². The molecular weight excluding hydrogens is 784 g/mol. The molecule has 0 spiro atoms. The van der Waals surface area contributed by atoms with E-state index >= 15 is 0 Å². The maximum atomic E-state index is 13.4.